The molecule has 0 atom stereocenters. The van der Waals surface area contributed by atoms with E-state index >= 15 is 0 Å². The first-order valence-corrected chi connectivity index (χ1v) is 5.32. The van der Waals surface area contributed by atoms with Crippen molar-refractivity contribution in [3.8, 4) is 0 Å². The Labute approximate surface area is 95.7 Å². The highest BCUT2D eigenvalue weighted by atomic mass is 35.5. The summed E-state index contributed by atoms with van der Waals surface area (Å²) in [5.74, 6) is -1.01. The molecule has 1 fully saturated rings. The highest BCUT2D eigenvalue weighted by molar-refractivity contribution is 6.29. The predicted octanol–water partition coefficient (Wildman–Crippen LogP) is 2.12. The monoisotopic (exact) mass is 237 g/mol. The van der Waals surface area contributed by atoms with Crippen LogP contribution in [0, 0.1) is 0 Å². The van der Waals surface area contributed by atoms with Crippen molar-refractivity contribution in [2.45, 2.75) is 18.9 Å². The van der Waals surface area contributed by atoms with Crippen molar-refractivity contribution in [1.29, 1.82) is 0 Å². The molecule has 6 heteroatoms. The lowest BCUT2D eigenvalue weighted by Gasteiger charge is -2.01. The van der Waals surface area contributed by atoms with Crippen LogP contribution < -0.4 is 0 Å². The average Bonchev–Trinajstić information content (AvgIpc) is 3.00. The Morgan fingerprint density at radius 1 is 1.56 bits per heavy atom. The van der Waals surface area contributed by atoms with E-state index in [-0.39, 0.29) is 5.56 Å². The number of hydrogen-bond acceptors (Lipinski definition) is 3. The Morgan fingerprint density at radius 3 is 2.94 bits per heavy atom. The molecule has 82 valence electrons. The molecule has 0 amide bonds. The van der Waals surface area contributed by atoms with Gasteiger partial charge in [0.1, 0.15) is 5.52 Å². The lowest BCUT2D eigenvalue weighted by Crippen LogP contribution is -1.99. The Bertz CT molecular complexity index is 589. The van der Waals surface area contributed by atoms with Crippen LogP contribution in [0.5, 0.6) is 0 Å². The van der Waals surface area contributed by atoms with E-state index in [0.29, 0.717) is 22.5 Å². The number of rotatable bonds is 2. The maximum Gasteiger partial charge on any atom is 0.338 e. The van der Waals surface area contributed by atoms with E-state index in [9.17, 15) is 4.79 Å². The van der Waals surface area contributed by atoms with E-state index in [1.54, 1.807) is 0 Å². The van der Waals surface area contributed by atoms with Gasteiger partial charge in [-0.15, -0.1) is 0 Å². The minimum atomic E-state index is -1.01. The predicted molar refractivity (Wildman–Crippen MR) is 57.8 cm³/mol. The van der Waals surface area contributed by atoms with Gasteiger partial charge in [-0.25, -0.2) is 14.8 Å². The minimum absolute atomic E-state index is 0.145. The van der Waals surface area contributed by atoms with E-state index in [1.165, 1.54) is 12.3 Å². The number of fused-ring (bicyclic) bond motifs is 1. The maximum atomic E-state index is 11.0. The van der Waals surface area contributed by atoms with Crippen LogP contribution in [0.1, 0.15) is 29.2 Å². The normalized spacial score (nSPS) is 15.6. The van der Waals surface area contributed by atoms with Gasteiger partial charge in [-0.3, -0.25) is 4.57 Å². The number of aromatic nitrogens is 3. The second kappa shape index (κ2) is 3.18. The molecule has 2 aromatic rings. The van der Waals surface area contributed by atoms with Crippen LogP contribution >= 0.6 is 11.6 Å². The number of halogens is 1. The summed E-state index contributed by atoms with van der Waals surface area (Å²) in [6.45, 7) is 0. The van der Waals surface area contributed by atoms with Crippen LogP contribution in [0.25, 0.3) is 11.2 Å². The fourth-order valence-corrected chi connectivity index (χ4v) is 2.09. The Morgan fingerprint density at radius 2 is 2.31 bits per heavy atom. The molecule has 0 radical (unpaired) electrons. The topological polar surface area (TPSA) is 68.0 Å². The van der Waals surface area contributed by atoms with E-state index < -0.39 is 5.97 Å². The van der Waals surface area contributed by atoms with Crippen molar-refractivity contribution >= 4 is 28.7 Å². The Hall–Kier alpha value is -1.62. The van der Waals surface area contributed by atoms with Gasteiger partial charge in [-0.1, -0.05) is 0 Å². The van der Waals surface area contributed by atoms with Gasteiger partial charge in [-0.2, -0.15) is 0 Å². The summed E-state index contributed by atoms with van der Waals surface area (Å²) < 4.78 is 1.81. The van der Waals surface area contributed by atoms with Gasteiger partial charge >= 0.3 is 5.97 Å². The zero-order chi connectivity index (χ0) is 11.3. The number of carboxylic acids is 1. The lowest BCUT2D eigenvalue weighted by molar-refractivity contribution is 0.0699. The Kier molecular flexibility index (Phi) is 1.91. The van der Waals surface area contributed by atoms with Crippen LogP contribution in [0.2, 0.25) is 5.28 Å². The molecule has 1 aliphatic carbocycles. The first-order chi connectivity index (χ1) is 7.68. The van der Waals surface area contributed by atoms with Gasteiger partial charge < -0.3 is 5.11 Å². The van der Waals surface area contributed by atoms with E-state index in [2.05, 4.69) is 9.97 Å². The fraction of sp³-hybridized carbons (Fsp3) is 0.300. The van der Waals surface area contributed by atoms with Gasteiger partial charge in [0.15, 0.2) is 5.65 Å². The maximum absolute atomic E-state index is 11.0. The van der Waals surface area contributed by atoms with E-state index in [0.717, 1.165) is 12.8 Å². The van der Waals surface area contributed by atoms with Gasteiger partial charge in [0.05, 0.1) is 5.56 Å². The van der Waals surface area contributed by atoms with Gasteiger partial charge in [0.25, 0.3) is 0 Å². The first-order valence-electron chi connectivity index (χ1n) is 4.94. The number of nitrogens with zero attached hydrogens (tertiary/aromatic N) is 3. The first kappa shape index (κ1) is 9.59. The molecular weight excluding hydrogens is 230 g/mol. The third kappa shape index (κ3) is 1.28. The lowest BCUT2D eigenvalue weighted by atomic mass is 10.2. The van der Waals surface area contributed by atoms with Crippen LogP contribution in [-0.2, 0) is 0 Å². The zero-order valence-electron chi connectivity index (χ0n) is 8.22. The molecule has 2 heterocycles. The summed E-state index contributed by atoms with van der Waals surface area (Å²) >= 11 is 6.00. The van der Waals surface area contributed by atoms with Crippen molar-refractivity contribution in [3.63, 3.8) is 0 Å². The molecule has 1 N–H and O–H groups in total. The molecule has 0 aliphatic heterocycles. The van der Waals surface area contributed by atoms with Crippen molar-refractivity contribution < 1.29 is 9.90 Å². The Balaban J connectivity index is 2.33. The molecule has 0 spiro atoms. The molecular formula is C10H8ClN3O2. The third-order valence-electron chi connectivity index (χ3n) is 2.68. The molecule has 5 nitrogen and oxygen atoms in total. The summed E-state index contributed by atoms with van der Waals surface area (Å²) in [7, 11) is 0. The summed E-state index contributed by atoms with van der Waals surface area (Å²) in [5, 5.41) is 9.34. The molecule has 0 bridgehead atoms. The number of carboxylic acid groups (broad SMARTS) is 1. The molecule has 0 unspecified atom stereocenters. The summed E-state index contributed by atoms with van der Waals surface area (Å²) in [6, 6.07) is 1.76. The van der Waals surface area contributed by atoms with Crippen LogP contribution in [0.15, 0.2) is 12.3 Å². The third-order valence-corrected chi connectivity index (χ3v) is 2.95. The highest BCUT2D eigenvalue weighted by Gasteiger charge is 2.29. The SMILES string of the molecule is O=C(O)c1ccnc2c1nc(Cl)n2C1CC1. The number of pyridine rings is 1. The van der Waals surface area contributed by atoms with Gasteiger partial charge in [0.2, 0.25) is 5.28 Å². The van der Waals surface area contributed by atoms with Crippen molar-refractivity contribution in [3.05, 3.63) is 23.1 Å². The van der Waals surface area contributed by atoms with Crippen LogP contribution in [0.4, 0.5) is 0 Å². The number of hydrogen-bond donors (Lipinski definition) is 1. The molecule has 16 heavy (non-hydrogen) atoms. The number of imidazole rings is 1. The molecule has 2 aromatic heterocycles. The van der Waals surface area contributed by atoms with Crippen molar-refractivity contribution in [2.24, 2.45) is 0 Å². The molecule has 0 aromatic carbocycles. The number of aromatic carboxylic acids is 1. The van der Waals surface area contributed by atoms with Crippen molar-refractivity contribution in [2.75, 3.05) is 0 Å². The van der Waals surface area contributed by atoms with Gasteiger partial charge in [0, 0.05) is 12.2 Å². The molecule has 3 rings (SSSR count). The van der Waals surface area contributed by atoms with Crippen LogP contribution in [-0.4, -0.2) is 25.6 Å². The van der Waals surface area contributed by atoms with E-state index in [1.807, 2.05) is 4.57 Å². The quantitative estimate of drug-likeness (QED) is 0.869. The van der Waals surface area contributed by atoms with Crippen molar-refractivity contribution in [1.82, 2.24) is 14.5 Å². The second-order valence-electron chi connectivity index (χ2n) is 3.82. The smallest absolute Gasteiger partial charge is 0.338 e. The minimum Gasteiger partial charge on any atom is -0.478 e. The van der Waals surface area contributed by atoms with Gasteiger partial charge in [-0.05, 0) is 30.5 Å². The number of carbonyl (C=O) groups is 1. The van der Waals surface area contributed by atoms with E-state index in [4.69, 9.17) is 16.7 Å². The summed E-state index contributed by atoms with van der Waals surface area (Å²) in [6.07, 6.45) is 3.57. The zero-order valence-corrected chi connectivity index (χ0v) is 8.98. The summed E-state index contributed by atoms with van der Waals surface area (Å²) in [5.41, 5.74) is 1.07. The molecule has 1 saturated carbocycles. The fourth-order valence-electron chi connectivity index (χ4n) is 1.79. The highest BCUT2D eigenvalue weighted by Crippen LogP contribution is 2.39. The summed E-state index contributed by atoms with van der Waals surface area (Å²) in [4.78, 5) is 19.2. The van der Waals surface area contributed by atoms with Crippen LogP contribution in [0.3, 0.4) is 0 Å². The second-order valence-corrected chi connectivity index (χ2v) is 4.16. The largest absolute Gasteiger partial charge is 0.478 e. The standard InChI is InChI=1S/C10H8ClN3O2/c11-10-13-7-6(9(15)16)3-4-12-8(7)14(10)5-1-2-5/h3-5H,1-2H2,(H,15,16). The molecule has 0 saturated heterocycles. The molecule has 1 aliphatic rings. The average molecular weight is 238 g/mol.